The van der Waals surface area contributed by atoms with Crippen LogP contribution in [0.15, 0.2) is 18.2 Å². The summed E-state index contributed by atoms with van der Waals surface area (Å²) >= 11 is 0. The molecule has 0 aromatic heterocycles. The first-order valence-corrected chi connectivity index (χ1v) is 4.23. The minimum absolute atomic E-state index is 0.496. The highest BCUT2D eigenvalue weighted by molar-refractivity contribution is 5.36. The third kappa shape index (κ3) is 2.42. The fourth-order valence-corrected chi connectivity index (χ4v) is 1.17. The number of aliphatic hydroxyl groups excluding tert-OH is 1. The summed E-state index contributed by atoms with van der Waals surface area (Å²) in [5.41, 5.74) is 4.60. The molecule has 90 valence electrons. The Kier molecular flexibility index (Phi) is 3.39. The van der Waals surface area contributed by atoms with Crippen LogP contribution in [0, 0.1) is 5.82 Å². The summed E-state index contributed by atoms with van der Waals surface area (Å²) < 4.78 is 49.2. The van der Waals surface area contributed by atoms with Crippen molar-refractivity contribution >= 4 is 0 Å². The van der Waals surface area contributed by atoms with Crippen LogP contribution in [0.2, 0.25) is 0 Å². The van der Waals surface area contributed by atoms with Crippen LogP contribution in [-0.2, 0) is 0 Å². The molecule has 1 rings (SSSR count). The molecule has 7 heteroatoms. The summed E-state index contributed by atoms with van der Waals surface area (Å²) in [5, 5.41) is 18.0. The van der Waals surface area contributed by atoms with Gasteiger partial charge in [0.2, 0.25) is 0 Å². The largest absolute Gasteiger partial charge is 0.505 e. The van der Waals surface area contributed by atoms with Crippen LogP contribution in [0.25, 0.3) is 0 Å². The lowest BCUT2D eigenvalue weighted by Crippen LogP contribution is -2.38. The molecule has 16 heavy (non-hydrogen) atoms. The molecular weight excluding hydrogens is 230 g/mol. The molecule has 0 amide bonds. The molecule has 1 aromatic carbocycles. The summed E-state index contributed by atoms with van der Waals surface area (Å²) in [7, 11) is 0. The van der Waals surface area contributed by atoms with Crippen molar-refractivity contribution in [3.05, 3.63) is 29.6 Å². The zero-order valence-corrected chi connectivity index (χ0v) is 7.87. The molecule has 0 saturated carbocycles. The maximum absolute atomic E-state index is 12.8. The van der Waals surface area contributed by atoms with Gasteiger partial charge in [-0.2, -0.15) is 13.2 Å². The molecule has 0 saturated heterocycles. The zero-order chi connectivity index (χ0) is 12.5. The second-order valence-corrected chi connectivity index (χ2v) is 3.19. The predicted molar refractivity (Wildman–Crippen MR) is 47.1 cm³/mol. The first kappa shape index (κ1) is 12.7. The molecule has 0 bridgehead atoms. The Morgan fingerprint density at radius 3 is 2.31 bits per heavy atom. The van der Waals surface area contributed by atoms with E-state index in [4.69, 9.17) is 15.9 Å². The highest BCUT2D eigenvalue weighted by atomic mass is 19.4. The number of para-hydroxylation sites is 1. The van der Waals surface area contributed by atoms with Crippen molar-refractivity contribution in [1.29, 1.82) is 0 Å². The lowest BCUT2D eigenvalue weighted by molar-refractivity contribution is -0.210. The van der Waals surface area contributed by atoms with Crippen molar-refractivity contribution in [2.45, 2.75) is 18.3 Å². The average molecular weight is 239 g/mol. The Labute approximate surface area is 88.1 Å². The third-order valence-electron chi connectivity index (χ3n) is 2.05. The molecule has 3 nitrogen and oxygen atoms in total. The molecule has 2 atom stereocenters. The number of phenolic OH excluding ortho intramolecular Hbond substituents is 1. The quantitative estimate of drug-likeness (QED) is 0.684. The van der Waals surface area contributed by atoms with E-state index in [0.717, 1.165) is 18.2 Å². The van der Waals surface area contributed by atoms with Gasteiger partial charge >= 0.3 is 6.18 Å². The van der Waals surface area contributed by atoms with E-state index in [9.17, 15) is 17.6 Å². The molecule has 0 fully saturated rings. The summed E-state index contributed by atoms with van der Waals surface area (Å²) in [5.74, 6) is -2.08. The minimum Gasteiger partial charge on any atom is -0.505 e. The lowest BCUT2D eigenvalue weighted by atomic mass is 10.0. The first-order chi connectivity index (χ1) is 7.25. The molecule has 1 aromatic rings. The second kappa shape index (κ2) is 4.26. The number of nitrogens with two attached hydrogens (primary N) is 1. The molecule has 0 aliphatic carbocycles. The van der Waals surface area contributed by atoms with Gasteiger partial charge in [0.25, 0.3) is 0 Å². The van der Waals surface area contributed by atoms with Crippen molar-refractivity contribution in [2.24, 2.45) is 5.73 Å². The van der Waals surface area contributed by atoms with Crippen LogP contribution in [0.5, 0.6) is 5.75 Å². The summed E-state index contributed by atoms with van der Waals surface area (Å²) in [4.78, 5) is 0. The summed E-state index contributed by atoms with van der Waals surface area (Å²) in [6.07, 6.45) is -7.79. The smallest absolute Gasteiger partial charge is 0.416 e. The molecular formula is C9H9F4NO2. The molecule has 4 N–H and O–H groups in total. The second-order valence-electron chi connectivity index (χ2n) is 3.19. The van der Waals surface area contributed by atoms with Crippen LogP contribution in [0.1, 0.15) is 11.6 Å². The zero-order valence-electron chi connectivity index (χ0n) is 7.87. The minimum atomic E-state index is -4.93. The first-order valence-electron chi connectivity index (χ1n) is 4.23. The Morgan fingerprint density at radius 2 is 1.81 bits per heavy atom. The van der Waals surface area contributed by atoms with E-state index < -0.39 is 35.5 Å². The predicted octanol–water partition coefficient (Wildman–Crippen LogP) is 1.45. The average Bonchev–Trinajstić information content (AvgIpc) is 2.18. The van der Waals surface area contributed by atoms with Gasteiger partial charge < -0.3 is 15.9 Å². The van der Waals surface area contributed by atoms with Crippen LogP contribution in [-0.4, -0.2) is 22.5 Å². The number of phenols is 1. The molecule has 0 unspecified atom stereocenters. The third-order valence-corrected chi connectivity index (χ3v) is 2.05. The SMILES string of the molecule is N[C@@H](c1cccc(F)c1O)[C@H](O)C(F)(F)F. The number of rotatable bonds is 2. The van der Waals surface area contributed by atoms with Gasteiger partial charge in [-0.15, -0.1) is 0 Å². The van der Waals surface area contributed by atoms with Gasteiger partial charge in [-0.05, 0) is 6.07 Å². The monoisotopic (exact) mass is 239 g/mol. The fraction of sp³-hybridized carbons (Fsp3) is 0.333. The summed E-state index contributed by atoms with van der Waals surface area (Å²) in [6.45, 7) is 0. The number of halogens is 4. The number of benzene rings is 1. The Balaban J connectivity index is 3.06. The van der Waals surface area contributed by atoms with Gasteiger partial charge in [0.1, 0.15) is 0 Å². The molecule has 0 radical (unpaired) electrons. The van der Waals surface area contributed by atoms with Crippen LogP contribution in [0.3, 0.4) is 0 Å². The van der Waals surface area contributed by atoms with E-state index in [-0.39, 0.29) is 0 Å². The van der Waals surface area contributed by atoms with Crippen molar-refractivity contribution in [3.63, 3.8) is 0 Å². The van der Waals surface area contributed by atoms with Gasteiger partial charge in [-0.3, -0.25) is 0 Å². The maximum atomic E-state index is 12.8. The molecule has 0 spiro atoms. The molecule has 0 heterocycles. The lowest BCUT2D eigenvalue weighted by Gasteiger charge is -2.22. The van der Waals surface area contributed by atoms with Crippen molar-refractivity contribution in [2.75, 3.05) is 0 Å². The van der Waals surface area contributed by atoms with E-state index in [0.29, 0.717) is 0 Å². The van der Waals surface area contributed by atoms with Gasteiger partial charge in [0.15, 0.2) is 17.7 Å². The standard InChI is InChI=1S/C9H9F4NO2/c10-5-3-1-2-4(7(5)15)6(14)8(16)9(11,12)13/h1-3,6,8,15-16H,14H2/t6-,8-/m0/s1. The number of hydrogen-bond acceptors (Lipinski definition) is 3. The highest BCUT2D eigenvalue weighted by Gasteiger charge is 2.43. The van der Waals surface area contributed by atoms with E-state index >= 15 is 0 Å². The van der Waals surface area contributed by atoms with Gasteiger partial charge in [-0.1, -0.05) is 12.1 Å². The van der Waals surface area contributed by atoms with Crippen molar-refractivity contribution < 1.29 is 27.8 Å². The number of hydrogen-bond donors (Lipinski definition) is 3. The number of alkyl halides is 3. The topological polar surface area (TPSA) is 66.5 Å². The van der Waals surface area contributed by atoms with Crippen molar-refractivity contribution in [3.8, 4) is 5.75 Å². The Bertz CT molecular complexity index is 380. The van der Waals surface area contributed by atoms with E-state index in [1.165, 1.54) is 0 Å². The van der Waals surface area contributed by atoms with Gasteiger partial charge in [0, 0.05) is 5.56 Å². The molecule has 0 aliphatic rings. The summed E-state index contributed by atoms with van der Waals surface area (Å²) in [6, 6.07) is 1.03. The van der Waals surface area contributed by atoms with E-state index in [1.54, 1.807) is 0 Å². The van der Waals surface area contributed by atoms with Crippen LogP contribution in [0.4, 0.5) is 17.6 Å². The van der Waals surface area contributed by atoms with Crippen LogP contribution >= 0.6 is 0 Å². The van der Waals surface area contributed by atoms with E-state index in [1.807, 2.05) is 0 Å². The molecule has 0 aliphatic heterocycles. The van der Waals surface area contributed by atoms with Gasteiger partial charge in [-0.25, -0.2) is 4.39 Å². The Hall–Kier alpha value is -1.34. The normalized spacial score (nSPS) is 15.9. The fourth-order valence-electron chi connectivity index (χ4n) is 1.17. The number of aromatic hydroxyl groups is 1. The highest BCUT2D eigenvalue weighted by Crippen LogP contribution is 2.33. The van der Waals surface area contributed by atoms with Crippen molar-refractivity contribution in [1.82, 2.24) is 0 Å². The van der Waals surface area contributed by atoms with E-state index in [2.05, 4.69) is 0 Å². The maximum Gasteiger partial charge on any atom is 0.416 e. The van der Waals surface area contributed by atoms with Crippen LogP contribution < -0.4 is 5.73 Å². The number of aliphatic hydroxyl groups is 1. The Morgan fingerprint density at radius 1 is 1.25 bits per heavy atom. The van der Waals surface area contributed by atoms with Gasteiger partial charge in [0.05, 0.1) is 6.04 Å².